The number of nitrogens with one attached hydrogen (secondary N) is 1. The second-order valence-electron chi connectivity index (χ2n) is 7.38. The first-order valence-corrected chi connectivity index (χ1v) is 9.46. The van der Waals surface area contributed by atoms with Crippen molar-refractivity contribution >= 4 is 23.5 Å². The maximum atomic E-state index is 13.1. The van der Waals surface area contributed by atoms with E-state index in [0.717, 1.165) is 29.7 Å². The summed E-state index contributed by atoms with van der Waals surface area (Å²) in [7, 11) is 0. The SMILES string of the molecule is CC1(c2ccc3c(c2)CCC3)NC(=O)N(CC(O)c2ccc(Cl)cc2)C1=O. The van der Waals surface area contributed by atoms with Crippen molar-refractivity contribution in [2.24, 2.45) is 0 Å². The lowest BCUT2D eigenvalue weighted by atomic mass is 9.89. The first-order chi connectivity index (χ1) is 12.9. The zero-order valence-corrected chi connectivity index (χ0v) is 15.8. The van der Waals surface area contributed by atoms with Crippen LogP contribution in [-0.2, 0) is 23.2 Å². The van der Waals surface area contributed by atoms with Crippen molar-refractivity contribution in [3.63, 3.8) is 0 Å². The van der Waals surface area contributed by atoms with E-state index >= 15 is 0 Å². The van der Waals surface area contributed by atoms with Gasteiger partial charge in [-0.05, 0) is 60.6 Å². The summed E-state index contributed by atoms with van der Waals surface area (Å²) >= 11 is 5.87. The Hall–Kier alpha value is -2.37. The quantitative estimate of drug-likeness (QED) is 0.794. The zero-order chi connectivity index (χ0) is 19.2. The van der Waals surface area contributed by atoms with Crippen molar-refractivity contribution in [3.05, 3.63) is 69.7 Å². The van der Waals surface area contributed by atoms with E-state index in [1.165, 1.54) is 11.1 Å². The molecule has 2 aromatic rings. The van der Waals surface area contributed by atoms with Gasteiger partial charge in [0.1, 0.15) is 5.54 Å². The smallest absolute Gasteiger partial charge is 0.325 e. The average Bonchev–Trinajstić information content (AvgIpc) is 3.20. The Morgan fingerprint density at radius 2 is 1.85 bits per heavy atom. The molecule has 4 rings (SSSR count). The summed E-state index contributed by atoms with van der Waals surface area (Å²) in [6.45, 7) is 1.62. The molecule has 0 saturated carbocycles. The lowest BCUT2D eigenvalue weighted by Crippen LogP contribution is -2.41. The molecule has 0 bridgehead atoms. The van der Waals surface area contributed by atoms with Gasteiger partial charge in [0.05, 0.1) is 12.6 Å². The van der Waals surface area contributed by atoms with E-state index in [4.69, 9.17) is 11.6 Å². The third-order valence-electron chi connectivity index (χ3n) is 5.56. The van der Waals surface area contributed by atoms with E-state index in [-0.39, 0.29) is 12.5 Å². The van der Waals surface area contributed by atoms with Crippen LogP contribution in [-0.4, -0.2) is 28.5 Å². The molecule has 2 atom stereocenters. The molecule has 0 spiro atoms. The Kier molecular flexibility index (Phi) is 4.44. The lowest BCUT2D eigenvalue weighted by molar-refractivity contribution is -0.132. The van der Waals surface area contributed by atoms with E-state index in [9.17, 15) is 14.7 Å². The number of benzene rings is 2. The predicted molar refractivity (Wildman–Crippen MR) is 102 cm³/mol. The van der Waals surface area contributed by atoms with Gasteiger partial charge in [-0.25, -0.2) is 4.79 Å². The van der Waals surface area contributed by atoms with Crippen LogP contribution in [0.15, 0.2) is 42.5 Å². The van der Waals surface area contributed by atoms with Crippen molar-refractivity contribution < 1.29 is 14.7 Å². The zero-order valence-electron chi connectivity index (χ0n) is 15.0. The van der Waals surface area contributed by atoms with Gasteiger partial charge >= 0.3 is 6.03 Å². The maximum absolute atomic E-state index is 13.1. The third kappa shape index (κ3) is 3.11. The number of urea groups is 1. The van der Waals surface area contributed by atoms with Crippen molar-refractivity contribution in [2.75, 3.05) is 6.54 Å². The molecule has 2 unspecified atom stereocenters. The fourth-order valence-electron chi connectivity index (χ4n) is 3.90. The standard InChI is InChI=1S/C21H21ClN2O3/c1-21(16-8-5-13-3-2-4-15(13)11-16)19(26)24(20(27)23-21)12-18(25)14-6-9-17(22)10-7-14/h5-11,18,25H,2-4,12H2,1H3,(H,23,27). The predicted octanol–water partition coefficient (Wildman–Crippen LogP) is 3.33. The highest BCUT2D eigenvalue weighted by atomic mass is 35.5. The first-order valence-electron chi connectivity index (χ1n) is 9.08. The molecular weight excluding hydrogens is 364 g/mol. The van der Waals surface area contributed by atoms with Crippen LogP contribution in [0.25, 0.3) is 0 Å². The second kappa shape index (κ2) is 6.66. The Bertz CT molecular complexity index is 912. The van der Waals surface area contributed by atoms with E-state index in [1.54, 1.807) is 31.2 Å². The van der Waals surface area contributed by atoms with Crippen molar-refractivity contribution in [1.29, 1.82) is 0 Å². The molecule has 6 heteroatoms. The number of hydrogen-bond donors (Lipinski definition) is 2. The summed E-state index contributed by atoms with van der Waals surface area (Å²) in [6.07, 6.45) is 2.21. The fourth-order valence-corrected chi connectivity index (χ4v) is 4.03. The Morgan fingerprint density at radius 3 is 2.59 bits per heavy atom. The second-order valence-corrected chi connectivity index (χ2v) is 7.81. The van der Waals surface area contributed by atoms with Gasteiger partial charge in [0, 0.05) is 5.02 Å². The molecule has 140 valence electrons. The van der Waals surface area contributed by atoms with Gasteiger partial charge in [-0.2, -0.15) is 0 Å². The van der Waals surface area contributed by atoms with Gasteiger partial charge in [-0.1, -0.05) is 41.9 Å². The molecule has 0 radical (unpaired) electrons. The summed E-state index contributed by atoms with van der Waals surface area (Å²) < 4.78 is 0. The van der Waals surface area contributed by atoms with E-state index < -0.39 is 17.7 Å². The molecule has 27 heavy (non-hydrogen) atoms. The van der Waals surface area contributed by atoms with Crippen molar-refractivity contribution in [1.82, 2.24) is 10.2 Å². The van der Waals surface area contributed by atoms with Gasteiger partial charge in [0.2, 0.25) is 0 Å². The van der Waals surface area contributed by atoms with Crippen molar-refractivity contribution in [2.45, 2.75) is 37.8 Å². The number of carbonyl (C=O) groups is 2. The van der Waals surface area contributed by atoms with Crippen LogP contribution in [0.2, 0.25) is 5.02 Å². The van der Waals surface area contributed by atoms with Gasteiger partial charge in [-0.15, -0.1) is 0 Å². The van der Waals surface area contributed by atoms with Crippen LogP contribution in [0.3, 0.4) is 0 Å². The molecular formula is C21H21ClN2O3. The number of amides is 3. The molecule has 0 aromatic heterocycles. The number of fused-ring (bicyclic) bond motifs is 1. The number of nitrogens with zero attached hydrogens (tertiary/aromatic N) is 1. The molecule has 2 N–H and O–H groups in total. The summed E-state index contributed by atoms with van der Waals surface area (Å²) in [4.78, 5) is 26.6. The van der Waals surface area contributed by atoms with Crippen molar-refractivity contribution in [3.8, 4) is 0 Å². The van der Waals surface area contributed by atoms with Crippen LogP contribution >= 0.6 is 11.6 Å². The normalized spacial score (nSPS) is 22.7. The van der Waals surface area contributed by atoms with E-state index in [0.29, 0.717) is 10.6 Å². The molecule has 2 aliphatic rings. The number of β-amino-alcohol motifs (C(OH)–C–C–N with tert-alkyl or cyclic N) is 1. The molecule has 5 nitrogen and oxygen atoms in total. The Morgan fingerprint density at radius 1 is 1.15 bits per heavy atom. The maximum Gasteiger partial charge on any atom is 0.325 e. The number of halogens is 1. The summed E-state index contributed by atoms with van der Waals surface area (Å²) in [5, 5.41) is 13.8. The highest BCUT2D eigenvalue weighted by Gasteiger charge is 2.49. The van der Waals surface area contributed by atoms with Gasteiger partial charge in [0.15, 0.2) is 0 Å². The number of aryl methyl sites for hydroxylation is 2. The first kappa shape index (κ1) is 18.0. The summed E-state index contributed by atoms with van der Waals surface area (Å²) in [5.74, 6) is -0.349. The van der Waals surface area contributed by atoms with Crippen LogP contribution in [0.4, 0.5) is 4.79 Å². The fraction of sp³-hybridized carbons (Fsp3) is 0.333. The molecule has 1 aliphatic carbocycles. The van der Waals surface area contributed by atoms with E-state index in [2.05, 4.69) is 5.32 Å². The van der Waals surface area contributed by atoms with Gasteiger partial charge in [-0.3, -0.25) is 9.69 Å². The average molecular weight is 385 g/mol. The summed E-state index contributed by atoms with van der Waals surface area (Å²) in [5.41, 5.74) is 2.83. The van der Waals surface area contributed by atoms with Crippen LogP contribution in [0.5, 0.6) is 0 Å². The summed E-state index contributed by atoms with van der Waals surface area (Å²) in [6, 6.07) is 12.2. The van der Waals surface area contributed by atoms with Crippen LogP contribution < -0.4 is 5.32 Å². The molecule has 2 aromatic carbocycles. The number of aliphatic hydroxyl groups is 1. The number of rotatable bonds is 4. The molecule has 1 aliphatic heterocycles. The number of aliphatic hydroxyl groups excluding tert-OH is 1. The Labute approximate surface area is 162 Å². The minimum atomic E-state index is -1.12. The Balaban J connectivity index is 1.57. The molecule has 1 fully saturated rings. The topological polar surface area (TPSA) is 69.6 Å². The van der Waals surface area contributed by atoms with Gasteiger partial charge in [0.25, 0.3) is 5.91 Å². The molecule has 1 saturated heterocycles. The highest BCUT2D eigenvalue weighted by Crippen LogP contribution is 2.33. The van der Waals surface area contributed by atoms with Crippen LogP contribution in [0.1, 0.15) is 41.7 Å². The minimum absolute atomic E-state index is 0.104. The van der Waals surface area contributed by atoms with Gasteiger partial charge < -0.3 is 10.4 Å². The number of hydrogen-bond acceptors (Lipinski definition) is 3. The minimum Gasteiger partial charge on any atom is -0.387 e. The molecule has 1 heterocycles. The molecule has 3 amide bonds. The largest absolute Gasteiger partial charge is 0.387 e. The number of imide groups is 1. The highest BCUT2D eigenvalue weighted by molar-refractivity contribution is 6.30. The number of carbonyl (C=O) groups excluding carboxylic acids is 2. The van der Waals surface area contributed by atoms with E-state index in [1.807, 2.05) is 18.2 Å². The monoisotopic (exact) mass is 384 g/mol. The lowest BCUT2D eigenvalue weighted by Gasteiger charge is -2.24. The van der Waals surface area contributed by atoms with Crippen LogP contribution in [0, 0.1) is 0 Å². The third-order valence-corrected chi connectivity index (χ3v) is 5.81.